The number of carbonyl (C=O) groups excluding carboxylic acids is 2. The van der Waals surface area contributed by atoms with Gasteiger partial charge in [-0.3, -0.25) is 10.1 Å². The van der Waals surface area contributed by atoms with Crippen LogP contribution in [-0.2, 0) is 19.5 Å². The highest BCUT2D eigenvalue weighted by atomic mass is 32.2. The van der Waals surface area contributed by atoms with Gasteiger partial charge in [0.25, 0.3) is 5.69 Å². The molecular formula is C22H28N4O8S. The maximum Gasteiger partial charge on any atom is 0.429 e. The number of nitro groups is 1. The molecule has 13 heteroatoms. The van der Waals surface area contributed by atoms with Crippen LogP contribution in [0.25, 0.3) is 0 Å². The van der Waals surface area contributed by atoms with Crippen LogP contribution in [0.15, 0.2) is 59.5 Å². The summed E-state index contributed by atoms with van der Waals surface area (Å²) in [6.45, 7) is 3.32. The van der Waals surface area contributed by atoms with E-state index >= 15 is 0 Å². The Bertz CT molecular complexity index is 1110. The van der Waals surface area contributed by atoms with Gasteiger partial charge in [-0.2, -0.15) is 0 Å². The second-order valence-electron chi connectivity index (χ2n) is 7.09. The molecule has 0 radical (unpaired) electrons. The van der Waals surface area contributed by atoms with Crippen molar-refractivity contribution in [2.24, 2.45) is 0 Å². The molecule has 0 saturated carbocycles. The number of para-hydroxylation sites is 1. The normalized spacial score (nSPS) is 11.8. The predicted octanol–water partition coefficient (Wildman–Crippen LogP) is 3.51. The first-order valence-corrected chi connectivity index (χ1v) is 12.4. The van der Waals surface area contributed by atoms with Crippen LogP contribution in [0.5, 0.6) is 0 Å². The molecule has 1 unspecified atom stereocenters. The summed E-state index contributed by atoms with van der Waals surface area (Å²) in [6.07, 6.45) is -1.22. The molecule has 0 bridgehead atoms. The van der Waals surface area contributed by atoms with Crippen LogP contribution in [0.4, 0.5) is 15.3 Å². The molecule has 1 atom stereocenters. The lowest BCUT2D eigenvalue weighted by atomic mass is 10.0. The molecule has 35 heavy (non-hydrogen) atoms. The van der Waals surface area contributed by atoms with Crippen LogP contribution >= 0.6 is 0 Å². The van der Waals surface area contributed by atoms with Crippen molar-refractivity contribution in [1.29, 1.82) is 0 Å². The van der Waals surface area contributed by atoms with Crippen LogP contribution in [0.1, 0.15) is 38.3 Å². The Morgan fingerprint density at radius 1 is 1.03 bits per heavy atom. The Morgan fingerprint density at radius 3 is 2.29 bits per heavy atom. The van der Waals surface area contributed by atoms with Crippen LogP contribution < -0.4 is 10.1 Å². The molecule has 190 valence electrons. The summed E-state index contributed by atoms with van der Waals surface area (Å²) in [5.74, 6) is 0. The molecule has 12 nitrogen and oxygen atoms in total. The number of sulfonamides is 1. The third-order valence-corrected chi connectivity index (χ3v) is 6.25. The molecule has 0 aliphatic rings. The lowest BCUT2D eigenvalue weighted by Gasteiger charge is -2.31. The van der Waals surface area contributed by atoms with E-state index in [0.717, 1.165) is 17.1 Å². The van der Waals surface area contributed by atoms with Gasteiger partial charge in [0, 0.05) is 12.6 Å². The fraction of sp³-hybridized carbons (Fsp3) is 0.364. The monoisotopic (exact) mass is 508 g/mol. The lowest BCUT2D eigenvalue weighted by molar-refractivity contribution is -0.387. The van der Waals surface area contributed by atoms with Crippen LogP contribution in [0.3, 0.4) is 0 Å². The van der Waals surface area contributed by atoms with Crippen LogP contribution in [0.2, 0.25) is 0 Å². The van der Waals surface area contributed by atoms with Gasteiger partial charge in [0.05, 0.1) is 24.2 Å². The number of nitrogens with one attached hydrogen (secondary N) is 2. The average molecular weight is 509 g/mol. The molecular weight excluding hydrogens is 480 g/mol. The van der Waals surface area contributed by atoms with Crippen LogP contribution in [0, 0.1) is 10.1 Å². The Morgan fingerprint density at radius 2 is 1.66 bits per heavy atom. The maximum absolute atomic E-state index is 12.6. The second-order valence-corrected chi connectivity index (χ2v) is 8.83. The Balaban J connectivity index is 2.20. The molecule has 2 aromatic rings. The molecule has 0 aliphatic carbocycles. The molecule has 0 saturated heterocycles. The van der Waals surface area contributed by atoms with E-state index in [1.165, 1.54) is 12.1 Å². The van der Waals surface area contributed by atoms with E-state index in [2.05, 4.69) is 10.1 Å². The first-order valence-electron chi connectivity index (χ1n) is 10.9. The van der Waals surface area contributed by atoms with Crippen molar-refractivity contribution >= 4 is 27.9 Å². The summed E-state index contributed by atoms with van der Waals surface area (Å²) in [5.41, 5.74) is 2.52. The van der Waals surface area contributed by atoms with Crippen molar-refractivity contribution in [3.8, 4) is 0 Å². The molecule has 0 spiro atoms. The van der Waals surface area contributed by atoms with Gasteiger partial charge in [-0.15, -0.1) is 0 Å². The van der Waals surface area contributed by atoms with Crippen molar-refractivity contribution in [3.63, 3.8) is 0 Å². The average Bonchev–Trinajstić information content (AvgIpc) is 2.84. The van der Waals surface area contributed by atoms with Crippen molar-refractivity contribution < 1.29 is 32.4 Å². The molecule has 0 fully saturated rings. The van der Waals surface area contributed by atoms with Gasteiger partial charge in [0.2, 0.25) is 10.0 Å². The molecule has 0 aliphatic heterocycles. The van der Waals surface area contributed by atoms with Gasteiger partial charge in [-0.25, -0.2) is 33.2 Å². The van der Waals surface area contributed by atoms with Gasteiger partial charge in [-0.05, 0) is 38.3 Å². The van der Waals surface area contributed by atoms with E-state index in [4.69, 9.17) is 9.47 Å². The van der Waals surface area contributed by atoms with E-state index < -0.39 is 43.8 Å². The molecule has 2 aromatic carbocycles. The third kappa shape index (κ3) is 7.93. The zero-order chi connectivity index (χ0) is 25.8. The Kier molecular flexibility index (Phi) is 10.4. The predicted molar refractivity (Wildman–Crippen MR) is 126 cm³/mol. The number of hydrazine groups is 1. The molecule has 2 N–H and O–H groups in total. The largest absolute Gasteiger partial charge is 0.449 e. The van der Waals surface area contributed by atoms with E-state index in [1.807, 2.05) is 0 Å². The molecule has 0 heterocycles. The maximum atomic E-state index is 12.6. The van der Waals surface area contributed by atoms with Gasteiger partial charge in [-0.1, -0.05) is 42.5 Å². The summed E-state index contributed by atoms with van der Waals surface area (Å²) >= 11 is 0. The Labute approximate surface area is 203 Å². The quantitative estimate of drug-likeness (QED) is 0.265. The van der Waals surface area contributed by atoms with Gasteiger partial charge in [0.1, 0.15) is 0 Å². The summed E-state index contributed by atoms with van der Waals surface area (Å²) in [7, 11) is -4.16. The number of amides is 2. The zero-order valence-electron chi connectivity index (χ0n) is 19.4. The summed E-state index contributed by atoms with van der Waals surface area (Å²) in [4.78, 5) is 34.7. The van der Waals surface area contributed by atoms with Crippen molar-refractivity contribution in [1.82, 2.24) is 15.2 Å². The summed E-state index contributed by atoms with van der Waals surface area (Å²) < 4.78 is 37.6. The smallest absolute Gasteiger partial charge is 0.429 e. The SMILES string of the molecule is CCOC(=O)NN(C(=O)OCC)C(CCCNS(=O)(=O)c1ccccc1[N+](=O)[O-])c1ccccc1. The number of nitrogens with zero attached hydrogens (tertiary/aromatic N) is 2. The third-order valence-electron chi connectivity index (χ3n) is 4.75. The topological polar surface area (TPSA) is 157 Å². The van der Waals surface area contributed by atoms with Crippen LogP contribution in [-0.4, -0.2) is 50.3 Å². The minimum absolute atomic E-state index is 0.0665. The van der Waals surface area contributed by atoms with Gasteiger partial charge < -0.3 is 9.47 Å². The van der Waals surface area contributed by atoms with E-state index in [9.17, 15) is 28.1 Å². The zero-order valence-corrected chi connectivity index (χ0v) is 20.2. The van der Waals surface area contributed by atoms with E-state index in [1.54, 1.807) is 44.2 Å². The highest BCUT2D eigenvalue weighted by Crippen LogP contribution is 2.26. The molecule has 2 rings (SSSR count). The Hall–Kier alpha value is -3.71. The minimum atomic E-state index is -4.16. The van der Waals surface area contributed by atoms with Crippen molar-refractivity contribution in [2.45, 2.75) is 37.6 Å². The number of hydrogen-bond donors (Lipinski definition) is 2. The van der Waals surface area contributed by atoms with E-state index in [-0.39, 0.29) is 32.6 Å². The lowest BCUT2D eigenvalue weighted by Crippen LogP contribution is -2.48. The van der Waals surface area contributed by atoms with Gasteiger partial charge >= 0.3 is 12.2 Å². The molecule has 0 aromatic heterocycles. The number of rotatable bonds is 11. The highest BCUT2D eigenvalue weighted by molar-refractivity contribution is 7.89. The van der Waals surface area contributed by atoms with E-state index in [0.29, 0.717) is 5.56 Å². The standard InChI is InChI=1S/C22H28N4O8S/c1-3-33-21(27)24-25(22(28)34-4-2)18(17-11-6-5-7-12-17)14-10-16-23-35(31,32)20-15-9-8-13-19(20)26(29)30/h5-9,11-13,15,18,23H,3-4,10,14,16H2,1-2H3,(H,24,27). The number of hydrogen-bond acceptors (Lipinski definition) is 8. The number of nitro benzene ring substituents is 1. The first kappa shape index (κ1) is 27.5. The fourth-order valence-electron chi connectivity index (χ4n) is 3.24. The number of benzene rings is 2. The molecule has 2 amide bonds. The minimum Gasteiger partial charge on any atom is -0.449 e. The second kappa shape index (κ2) is 13.2. The number of ether oxygens (including phenoxy) is 2. The highest BCUT2D eigenvalue weighted by Gasteiger charge is 2.29. The van der Waals surface area contributed by atoms with Crippen molar-refractivity contribution in [2.75, 3.05) is 19.8 Å². The van der Waals surface area contributed by atoms with Gasteiger partial charge in [0.15, 0.2) is 4.90 Å². The fourth-order valence-corrected chi connectivity index (χ4v) is 4.48. The summed E-state index contributed by atoms with van der Waals surface area (Å²) in [5, 5.41) is 12.2. The number of carbonyl (C=O) groups is 2. The summed E-state index contributed by atoms with van der Waals surface area (Å²) in [6, 6.07) is 13.1. The first-order chi connectivity index (χ1) is 16.7. The van der Waals surface area contributed by atoms with Crippen molar-refractivity contribution in [3.05, 3.63) is 70.3 Å².